The SMILES string of the molecule is C=C(CCN)c1cc(Br)nn1C. The van der Waals surface area contributed by atoms with Gasteiger partial charge in [-0.15, -0.1) is 0 Å². The fourth-order valence-electron chi connectivity index (χ4n) is 1.07. The normalized spacial score (nSPS) is 10.2. The van der Waals surface area contributed by atoms with Gasteiger partial charge in [-0.1, -0.05) is 6.58 Å². The molecule has 1 aromatic heterocycles. The summed E-state index contributed by atoms with van der Waals surface area (Å²) in [6, 6.07) is 1.94. The van der Waals surface area contributed by atoms with Gasteiger partial charge in [0.05, 0.1) is 5.69 Å². The molecule has 0 aromatic carbocycles. The van der Waals surface area contributed by atoms with Gasteiger partial charge < -0.3 is 5.73 Å². The molecule has 0 unspecified atom stereocenters. The lowest BCUT2D eigenvalue weighted by Gasteiger charge is -2.02. The number of rotatable bonds is 3. The van der Waals surface area contributed by atoms with Gasteiger partial charge in [0.25, 0.3) is 0 Å². The average Bonchev–Trinajstić information content (AvgIpc) is 2.30. The number of nitrogens with two attached hydrogens (primary N) is 1. The molecule has 0 aliphatic rings. The van der Waals surface area contributed by atoms with Crippen molar-refractivity contribution in [3.8, 4) is 0 Å². The zero-order valence-electron chi connectivity index (χ0n) is 7.05. The maximum Gasteiger partial charge on any atom is 0.128 e. The molecule has 0 fully saturated rings. The number of aryl methyl sites for hydroxylation is 1. The molecule has 0 spiro atoms. The van der Waals surface area contributed by atoms with E-state index < -0.39 is 0 Å². The first-order valence-corrected chi connectivity index (χ1v) is 4.52. The summed E-state index contributed by atoms with van der Waals surface area (Å²) in [5, 5.41) is 4.15. The van der Waals surface area contributed by atoms with Gasteiger partial charge in [0, 0.05) is 7.05 Å². The molecular weight excluding hydrogens is 218 g/mol. The van der Waals surface area contributed by atoms with Crippen LogP contribution in [-0.4, -0.2) is 16.3 Å². The van der Waals surface area contributed by atoms with Gasteiger partial charge in [-0.3, -0.25) is 4.68 Å². The van der Waals surface area contributed by atoms with Crippen LogP contribution in [0.15, 0.2) is 17.2 Å². The van der Waals surface area contributed by atoms with Crippen LogP contribution in [0.2, 0.25) is 0 Å². The highest BCUT2D eigenvalue weighted by molar-refractivity contribution is 9.10. The van der Waals surface area contributed by atoms with E-state index in [0.717, 1.165) is 22.3 Å². The number of hydrogen-bond acceptors (Lipinski definition) is 2. The predicted octanol–water partition coefficient (Wildman–Crippen LogP) is 1.54. The number of aromatic nitrogens is 2. The number of nitrogens with zero attached hydrogens (tertiary/aromatic N) is 2. The quantitative estimate of drug-likeness (QED) is 0.855. The first-order chi connectivity index (χ1) is 5.65. The zero-order valence-corrected chi connectivity index (χ0v) is 8.63. The van der Waals surface area contributed by atoms with E-state index in [1.807, 2.05) is 13.1 Å². The molecule has 1 rings (SSSR count). The van der Waals surface area contributed by atoms with Gasteiger partial charge in [0.2, 0.25) is 0 Å². The van der Waals surface area contributed by atoms with Crippen molar-refractivity contribution in [3.63, 3.8) is 0 Å². The van der Waals surface area contributed by atoms with Crippen LogP contribution in [0.1, 0.15) is 12.1 Å². The van der Waals surface area contributed by atoms with Crippen molar-refractivity contribution in [1.29, 1.82) is 0 Å². The Morgan fingerprint density at radius 1 is 1.83 bits per heavy atom. The predicted molar refractivity (Wildman–Crippen MR) is 53.6 cm³/mol. The molecule has 66 valence electrons. The zero-order chi connectivity index (χ0) is 9.14. The van der Waals surface area contributed by atoms with Crippen LogP contribution in [0.25, 0.3) is 5.57 Å². The molecule has 0 saturated heterocycles. The molecule has 0 radical (unpaired) electrons. The van der Waals surface area contributed by atoms with Crippen molar-refractivity contribution in [2.75, 3.05) is 6.54 Å². The van der Waals surface area contributed by atoms with Gasteiger partial charge in [-0.25, -0.2) is 0 Å². The summed E-state index contributed by atoms with van der Waals surface area (Å²) < 4.78 is 2.63. The first-order valence-electron chi connectivity index (χ1n) is 3.73. The van der Waals surface area contributed by atoms with E-state index in [2.05, 4.69) is 27.6 Å². The Kier molecular flexibility index (Phi) is 3.05. The minimum absolute atomic E-state index is 0.627. The summed E-state index contributed by atoms with van der Waals surface area (Å²) in [6.07, 6.45) is 0.811. The highest BCUT2D eigenvalue weighted by atomic mass is 79.9. The third kappa shape index (κ3) is 1.95. The van der Waals surface area contributed by atoms with E-state index in [4.69, 9.17) is 5.73 Å². The molecular formula is C8H12BrN3. The van der Waals surface area contributed by atoms with Crippen LogP contribution < -0.4 is 5.73 Å². The van der Waals surface area contributed by atoms with Crippen LogP contribution in [0.4, 0.5) is 0 Å². The van der Waals surface area contributed by atoms with Crippen LogP contribution in [0, 0.1) is 0 Å². The lowest BCUT2D eigenvalue weighted by molar-refractivity contribution is 0.746. The molecule has 1 aromatic rings. The minimum Gasteiger partial charge on any atom is -0.330 e. The van der Waals surface area contributed by atoms with Crippen LogP contribution in [0.5, 0.6) is 0 Å². The molecule has 0 aliphatic carbocycles. The summed E-state index contributed by atoms with van der Waals surface area (Å²) in [5.74, 6) is 0. The van der Waals surface area contributed by atoms with Crippen molar-refractivity contribution < 1.29 is 0 Å². The van der Waals surface area contributed by atoms with Crippen molar-refractivity contribution in [2.45, 2.75) is 6.42 Å². The number of halogens is 1. The fourth-order valence-corrected chi connectivity index (χ4v) is 1.52. The topological polar surface area (TPSA) is 43.8 Å². The fraction of sp³-hybridized carbons (Fsp3) is 0.375. The molecule has 1 heterocycles. The van der Waals surface area contributed by atoms with Gasteiger partial charge in [0.15, 0.2) is 0 Å². The monoisotopic (exact) mass is 229 g/mol. The second-order valence-electron chi connectivity index (χ2n) is 2.62. The Morgan fingerprint density at radius 2 is 2.50 bits per heavy atom. The summed E-state index contributed by atoms with van der Waals surface area (Å²) in [6.45, 7) is 4.55. The largest absolute Gasteiger partial charge is 0.330 e. The van der Waals surface area contributed by atoms with Gasteiger partial charge in [0.1, 0.15) is 4.60 Å². The van der Waals surface area contributed by atoms with Crippen molar-refractivity contribution in [1.82, 2.24) is 9.78 Å². The summed E-state index contributed by atoms with van der Waals surface area (Å²) in [4.78, 5) is 0. The third-order valence-corrected chi connectivity index (χ3v) is 2.05. The Hall–Kier alpha value is -0.610. The molecule has 0 atom stereocenters. The smallest absolute Gasteiger partial charge is 0.128 e. The molecule has 12 heavy (non-hydrogen) atoms. The van der Waals surface area contributed by atoms with Crippen LogP contribution in [-0.2, 0) is 7.05 Å². The lowest BCUT2D eigenvalue weighted by Crippen LogP contribution is -2.02. The van der Waals surface area contributed by atoms with Crippen molar-refractivity contribution >= 4 is 21.5 Å². The standard InChI is InChI=1S/C8H12BrN3/c1-6(3-4-10)7-5-8(9)11-12(7)2/h5H,1,3-4,10H2,2H3. The average molecular weight is 230 g/mol. The van der Waals surface area contributed by atoms with E-state index in [1.54, 1.807) is 4.68 Å². The molecule has 0 saturated carbocycles. The second-order valence-corrected chi connectivity index (χ2v) is 3.43. The van der Waals surface area contributed by atoms with Gasteiger partial charge in [-0.05, 0) is 40.5 Å². The highest BCUT2D eigenvalue weighted by Crippen LogP contribution is 2.18. The Labute approximate surface area is 80.4 Å². The second kappa shape index (κ2) is 3.87. The third-order valence-electron chi connectivity index (χ3n) is 1.66. The van der Waals surface area contributed by atoms with E-state index in [-0.39, 0.29) is 0 Å². The van der Waals surface area contributed by atoms with E-state index in [1.165, 1.54) is 0 Å². The number of hydrogen-bond donors (Lipinski definition) is 1. The summed E-state index contributed by atoms with van der Waals surface area (Å²) in [7, 11) is 1.89. The summed E-state index contributed by atoms with van der Waals surface area (Å²) >= 11 is 3.30. The maximum atomic E-state index is 5.42. The Balaban J connectivity index is 2.87. The van der Waals surface area contributed by atoms with E-state index in [9.17, 15) is 0 Å². The Morgan fingerprint density at radius 3 is 2.92 bits per heavy atom. The van der Waals surface area contributed by atoms with Crippen LogP contribution in [0.3, 0.4) is 0 Å². The molecule has 2 N–H and O–H groups in total. The van der Waals surface area contributed by atoms with Gasteiger partial charge in [-0.2, -0.15) is 5.10 Å². The molecule has 3 nitrogen and oxygen atoms in total. The van der Waals surface area contributed by atoms with Crippen LogP contribution >= 0.6 is 15.9 Å². The lowest BCUT2D eigenvalue weighted by atomic mass is 10.1. The maximum absolute atomic E-state index is 5.42. The van der Waals surface area contributed by atoms with E-state index in [0.29, 0.717) is 6.54 Å². The van der Waals surface area contributed by atoms with Gasteiger partial charge >= 0.3 is 0 Å². The van der Waals surface area contributed by atoms with Crippen molar-refractivity contribution in [2.24, 2.45) is 12.8 Å². The first kappa shape index (κ1) is 9.48. The van der Waals surface area contributed by atoms with E-state index >= 15 is 0 Å². The molecule has 0 amide bonds. The molecule has 0 aliphatic heterocycles. The molecule has 0 bridgehead atoms. The Bertz CT molecular complexity index is 290. The molecule has 4 heteroatoms. The van der Waals surface area contributed by atoms with Crippen molar-refractivity contribution in [3.05, 3.63) is 22.9 Å². The summed E-state index contributed by atoms with van der Waals surface area (Å²) in [5.41, 5.74) is 7.48. The highest BCUT2D eigenvalue weighted by Gasteiger charge is 2.05. The minimum atomic E-state index is 0.627.